The molecule has 1 aromatic heterocycles. The van der Waals surface area contributed by atoms with E-state index in [2.05, 4.69) is 9.72 Å². The zero-order chi connectivity index (χ0) is 15.0. The predicted octanol–water partition coefficient (Wildman–Crippen LogP) is 5.01. The van der Waals surface area contributed by atoms with E-state index >= 15 is 0 Å². The minimum Gasteiger partial charge on any atom is -0.406 e. The van der Waals surface area contributed by atoms with E-state index in [-0.39, 0.29) is 11.2 Å². The first kappa shape index (κ1) is 14.8. The summed E-state index contributed by atoms with van der Waals surface area (Å²) in [6, 6.07) is 5.85. The maximum absolute atomic E-state index is 12.2. The van der Waals surface area contributed by atoms with Gasteiger partial charge in [0.25, 0.3) is 0 Å². The number of nitrogens with zero attached hydrogens (tertiary/aromatic N) is 1. The van der Waals surface area contributed by atoms with Crippen molar-refractivity contribution in [3.8, 4) is 17.0 Å². The lowest BCUT2D eigenvalue weighted by Gasteiger charge is -2.13. The van der Waals surface area contributed by atoms with Crippen LogP contribution in [0.1, 0.15) is 25.8 Å². The molecule has 2 nitrogen and oxygen atoms in total. The van der Waals surface area contributed by atoms with Crippen LogP contribution in [-0.2, 0) is 5.41 Å². The molecule has 0 N–H and O–H groups in total. The number of rotatable bonds is 2. The summed E-state index contributed by atoms with van der Waals surface area (Å²) in [5.41, 5.74) is 1.19. The molecule has 0 saturated carbocycles. The van der Waals surface area contributed by atoms with Gasteiger partial charge < -0.3 is 4.74 Å². The van der Waals surface area contributed by atoms with Crippen molar-refractivity contribution in [2.45, 2.75) is 32.5 Å². The maximum atomic E-state index is 12.2. The molecule has 6 heteroatoms. The summed E-state index contributed by atoms with van der Waals surface area (Å²) in [6.07, 6.45) is -4.68. The molecule has 0 atom stereocenters. The SMILES string of the molecule is CC(C)(C)c1nc(-c2cccc(OC(F)(F)F)c2)cs1. The van der Waals surface area contributed by atoms with Gasteiger partial charge in [0.2, 0.25) is 0 Å². The Bertz CT molecular complexity index is 599. The van der Waals surface area contributed by atoms with Gasteiger partial charge in [-0.15, -0.1) is 24.5 Å². The van der Waals surface area contributed by atoms with Crippen LogP contribution < -0.4 is 4.74 Å². The summed E-state index contributed by atoms with van der Waals surface area (Å²) in [4.78, 5) is 4.47. The summed E-state index contributed by atoms with van der Waals surface area (Å²) < 4.78 is 40.5. The predicted molar refractivity (Wildman–Crippen MR) is 72.9 cm³/mol. The smallest absolute Gasteiger partial charge is 0.406 e. The second-order valence-corrected chi connectivity index (χ2v) is 6.22. The van der Waals surface area contributed by atoms with Gasteiger partial charge in [0, 0.05) is 16.4 Å². The van der Waals surface area contributed by atoms with Gasteiger partial charge in [-0.05, 0) is 12.1 Å². The van der Waals surface area contributed by atoms with Crippen molar-refractivity contribution in [3.63, 3.8) is 0 Å². The van der Waals surface area contributed by atoms with Crippen molar-refractivity contribution in [3.05, 3.63) is 34.7 Å². The zero-order valence-corrected chi connectivity index (χ0v) is 12.1. The van der Waals surface area contributed by atoms with Gasteiger partial charge in [0.15, 0.2) is 0 Å². The molecule has 108 valence electrons. The lowest BCUT2D eigenvalue weighted by atomic mass is 9.98. The van der Waals surface area contributed by atoms with Crippen molar-refractivity contribution in [1.29, 1.82) is 0 Å². The van der Waals surface area contributed by atoms with Crippen LogP contribution in [0.3, 0.4) is 0 Å². The molecule has 0 aliphatic carbocycles. The first-order chi connectivity index (χ1) is 9.15. The maximum Gasteiger partial charge on any atom is 0.573 e. The number of aromatic nitrogens is 1. The Morgan fingerprint density at radius 3 is 2.40 bits per heavy atom. The van der Waals surface area contributed by atoms with Crippen LogP contribution in [-0.4, -0.2) is 11.3 Å². The van der Waals surface area contributed by atoms with E-state index in [9.17, 15) is 13.2 Å². The molecule has 0 fully saturated rings. The van der Waals surface area contributed by atoms with Crippen molar-refractivity contribution < 1.29 is 17.9 Å². The Morgan fingerprint density at radius 1 is 1.15 bits per heavy atom. The summed E-state index contributed by atoms with van der Waals surface area (Å²) in [5.74, 6) is -0.236. The van der Waals surface area contributed by atoms with Crippen LogP contribution in [0, 0.1) is 0 Å². The molecule has 0 radical (unpaired) electrons. The van der Waals surface area contributed by atoms with Crippen LogP contribution in [0.25, 0.3) is 11.3 Å². The van der Waals surface area contributed by atoms with E-state index in [0.29, 0.717) is 11.3 Å². The van der Waals surface area contributed by atoms with Crippen molar-refractivity contribution in [1.82, 2.24) is 4.98 Å². The molecule has 2 rings (SSSR count). The third-order valence-electron chi connectivity index (χ3n) is 2.51. The lowest BCUT2D eigenvalue weighted by molar-refractivity contribution is -0.274. The molecule has 1 aromatic carbocycles. The standard InChI is InChI=1S/C14H14F3NOS/c1-13(2,3)12-18-11(8-20-12)9-5-4-6-10(7-9)19-14(15,16)17/h4-8H,1-3H3. The van der Waals surface area contributed by atoms with Gasteiger partial charge in [-0.2, -0.15) is 0 Å². The fraction of sp³-hybridized carbons (Fsp3) is 0.357. The summed E-state index contributed by atoms with van der Waals surface area (Å²) >= 11 is 1.50. The Kier molecular flexibility index (Phi) is 3.77. The monoisotopic (exact) mass is 301 g/mol. The number of ether oxygens (including phenoxy) is 1. The molecule has 0 amide bonds. The van der Waals surface area contributed by atoms with Crippen molar-refractivity contribution >= 4 is 11.3 Å². The van der Waals surface area contributed by atoms with Crippen molar-refractivity contribution in [2.75, 3.05) is 0 Å². The number of benzene rings is 1. The van der Waals surface area contributed by atoms with Gasteiger partial charge in [0.05, 0.1) is 10.7 Å². The highest BCUT2D eigenvalue weighted by molar-refractivity contribution is 7.10. The largest absolute Gasteiger partial charge is 0.573 e. The molecule has 0 bridgehead atoms. The second kappa shape index (κ2) is 5.09. The number of thiazole rings is 1. The molecule has 0 spiro atoms. The van der Waals surface area contributed by atoms with E-state index in [0.717, 1.165) is 5.01 Å². The fourth-order valence-electron chi connectivity index (χ4n) is 1.60. The van der Waals surface area contributed by atoms with Gasteiger partial charge in [0.1, 0.15) is 5.75 Å². The minimum atomic E-state index is -4.68. The van der Waals surface area contributed by atoms with E-state index in [1.54, 1.807) is 6.07 Å². The Morgan fingerprint density at radius 2 is 1.85 bits per heavy atom. The van der Waals surface area contributed by atoms with E-state index in [4.69, 9.17) is 0 Å². The fourth-order valence-corrected chi connectivity index (χ4v) is 2.52. The molecule has 20 heavy (non-hydrogen) atoms. The molecular weight excluding hydrogens is 287 g/mol. The summed E-state index contributed by atoms with van der Waals surface area (Å²) in [5, 5.41) is 2.78. The highest BCUT2D eigenvalue weighted by Crippen LogP contribution is 2.32. The topological polar surface area (TPSA) is 22.1 Å². The van der Waals surface area contributed by atoms with Crippen molar-refractivity contribution in [2.24, 2.45) is 0 Å². The van der Waals surface area contributed by atoms with Gasteiger partial charge >= 0.3 is 6.36 Å². The van der Waals surface area contributed by atoms with E-state index < -0.39 is 6.36 Å². The quantitative estimate of drug-likeness (QED) is 0.778. The number of halogens is 3. The molecular formula is C14H14F3NOS. The van der Waals surface area contributed by atoms with Crippen LogP contribution in [0.2, 0.25) is 0 Å². The molecule has 1 heterocycles. The Labute approximate surface area is 119 Å². The van der Waals surface area contributed by atoms with Crippen LogP contribution in [0.15, 0.2) is 29.6 Å². The van der Waals surface area contributed by atoms with E-state index in [1.807, 2.05) is 26.2 Å². The molecule has 2 aromatic rings. The van der Waals surface area contributed by atoms with Gasteiger partial charge in [-0.25, -0.2) is 4.98 Å². The molecule has 0 aliphatic rings. The Hall–Kier alpha value is -1.56. The van der Waals surface area contributed by atoms with Crippen LogP contribution >= 0.6 is 11.3 Å². The summed E-state index contributed by atoms with van der Waals surface area (Å²) in [7, 11) is 0. The highest BCUT2D eigenvalue weighted by atomic mass is 32.1. The van der Waals surface area contributed by atoms with Crippen LogP contribution in [0.4, 0.5) is 13.2 Å². The van der Waals surface area contributed by atoms with Gasteiger partial charge in [-0.3, -0.25) is 0 Å². The average molecular weight is 301 g/mol. The second-order valence-electron chi connectivity index (χ2n) is 5.36. The third-order valence-corrected chi connectivity index (χ3v) is 3.78. The number of alkyl halides is 3. The molecule has 0 unspecified atom stereocenters. The average Bonchev–Trinajstić information content (AvgIpc) is 2.75. The molecule has 0 saturated heterocycles. The van der Waals surface area contributed by atoms with Gasteiger partial charge in [-0.1, -0.05) is 32.9 Å². The highest BCUT2D eigenvalue weighted by Gasteiger charge is 2.31. The van der Waals surface area contributed by atoms with E-state index in [1.165, 1.54) is 29.5 Å². The first-order valence-corrected chi connectivity index (χ1v) is 6.85. The number of hydrogen-bond acceptors (Lipinski definition) is 3. The molecule has 0 aliphatic heterocycles. The van der Waals surface area contributed by atoms with Crippen LogP contribution in [0.5, 0.6) is 5.75 Å². The lowest BCUT2D eigenvalue weighted by Crippen LogP contribution is -2.17. The zero-order valence-electron chi connectivity index (χ0n) is 11.3. The Balaban J connectivity index is 2.29. The normalized spacial score (nSPS) is 12.5. The minimum absolute atomic E-state index is 0.0804. The summed E-state index contributed by atoms with van der Waals surface area (Å²) in [6.45, 7) is 6.12. The number of hydrogen-bond donors (Lipinski definition) is 0. The third kappa shape index (κ3) is 3.72. The first-order valence-electron chi connectivity index (χ1n) is 5.97.